The number of hydrogen-bond acceptors (Lipinski definition) is 2. The monoisotopic (exact) mass is 219 g/mol. The Morgan fingerprint density at radius 1 is 1.50 bits per heavy atom. The van der Waals surface area contributed by atoms with Crippen LogP contribution in [0.5, 0.6) is 5.75 Å². The van der Waals surface area contributed by atoms with Crippen LogP contribution in [0.3, 0.4) is 0 Å². The van der Waals surface area contributed by atoms with E-state index in [0.29, 0.717) is 17.7 Å². The van der Waals surface area contributed by atoms with Crippen LogP contribution in [0.4, 0.5) is 0 Å². The lowest BCUT2D eigenvalue weighted by atomic mass is 10.1. The minimum Gasteiger partial charge on any atom is -0.508 e. The van der Waals surface area contributed by atoms with Crippen molar-refractivity contribution in [2.24, 2.45) is 0 Å². The minimum atomic E-state index is -0.101. The fourth-order valence-electron chi connectivity index (χ4n) is 1.54. The van der Waals surface area contributed by atoms with Gasteiger partial charge in [0.2, 0.25) is 0 Å². The van der Waals surface area contributed by atoms with Crippen LogP contribution in [0.2, 0.25) is 0 Å². The number of phenols is 1. The lowest BCUT2D eigenvalue weighted by Gasteiger charge is -2.18. The Kier molecular flexibility index (Phi) is 3.72. The maximum absolute atomic E-state index is 12.0. The van der Waals surface area contributed by atoms with Crippen LogP contribution < -0.4 is 0 Å². The summed E-state index contributed by atoms with van der Waals surface area (Å²) in [5.41, 5.74) is 2.07. The average Bonchev–Trinajstić information content (AvgIpc) is 2.20. The number of hydrogen-bond donors (Lipinski definition) is 1. The van der Waals surface area contributed by atoms with Gasteiger partial charge in [0.05, 0.1) is 0 Å². The van der Waals surface area contributed by atoms with Crippen molar-refractivity contribution in [3.05, 3.63) is 41.5 Å². The summed E-state index contributed by atoms with van der Waals surface area (Å²) in [6, 6.07) is 4.96. The summed E-state index contributed by atoms with van der Waals surface area (Å²) in [5.74, 6) is 0.0472. The number of amides is 1. The number of rotatable bonds is 3. The fraction of sp³-hybridized carbons (Fsp3) is 0.308. The average molecular weight is 219 g/mol. The molecule has 0 fully saturated rings. The van der Waals surface area contributed by atoms with Crippen molar-refractivity contribution in [1.82, 2.24) is 4.90 Å². The van der Waals surface area contributed by atoms with Crippen molar-refractivity contribution in [2.75, 3.05) is 13.6 Å². The number of aromatic hydroxyl groups is 1. The molecule has 3 heteroatoms. The van der Waals surface area contributed by atoms with E-state index in [1.165, 1.54) is 0 Å². The lowest BCUT2D eigenvalue weighted by molar-refractivity contribution is 0.0806. The van der Waals surface area contributed by atoms with E-state index in [1.807, 2.05) is 6.92 Å². The number of nitrogens with zero attached hydrogens (tertiary/aromatic N) is 1. The Labute approximate surface area is 96.0 Å². The van der Waals surface area contributed by atoms with Crippen LogP contribution >= 0.6 is 0 Å². The maximum atomic E-state index is 12.0. The Morgan fingerprint density at radius 3 is 2.69 bits per heavy atom. The van der Waals surface area contributed by atoms with Gasteiger partial charge in [-0.05, 0) is 26.0 Å². The van der Waals surface area contributed by atoms with E-state index in [9.17, 15) is 9.90 Å². The summed E-state index contributed by atoms with van der Waals surface area (Å²) in [7, 11) is 1.72. The van der Waals surface area contributed by atoms with Gasteiger partial charge in [0.25, 0.3) is 5.91 Å². The standard InChI is InChI=1S/C13H17NO2/c1-9(2)8-14(4)13(16)11-6-5-7-12(15)10(11)3/h5-7,15H,1,8H2,2-4H3. The molecule has 1 aromatic rings. The predicted molar refractivity (Wildman–Crippen MR) is 64.6 cm³/mol. The Bertz CT molecular complexity index is 424. The topological polar surface area (TPSA) is 40.5 Å². The first-order chi connectivity index (χ1) is 7.43. The molecular weight excluding hydrogens is 202 g/mol. The molecular formula is C13H17NO2. The number of carbonyl (C=O) groups is 1. The highest BCUT2D eigenvalue weighted by Gasteiger charge is 2.15. The second kappa shape index (κ2) is 4.84. The summed E-state index contributed by atoms with van der Waals surface area (Å²) >= 11 is 0. The van der Waals surface area contributed by atoms with Gasteiger partial charge in [-0.1, -0.05) is 18.2 Å². The van der Waals surface area contributed by atoms with E-state index < -0.39 is 0 Å². The first-order valence-electron chi connectivity index (χ1n) is 5.12. The molecule has 16 heavy (non-hydrogen) atoms. The molecule has 0 aliphatic carbocycles. The quantitative estimate of drug-likeness (QED) is 0.793. The molecule has 0 bridgehead atoms. The first-order valence-corrected chi connectivity index (χ1v) is 5.12. The predicted octanol–water partition coefficient (Wildman–Crippen LogP) is 2.35. The normalized spacial score (nSPS) is 9.94. The van der Waals surface area contributed by atoms with Gasteiger partial charge in [-0.25, -0.2) is 0 Å². The Balaban J connectivity index is 2.96. The van der Waals surface area contributed by atoms with E-state index in [0.717, 1.165) is 5.57 Å². The zero-order valence-corrected chi connectivity index (χ0v) is 9.95. The second-order valence-electron chi connectivity index (χ2n) is 4.07. The summed E-state index contributed by atoms with van der Waals surface area (Å²) in [5, 5.41) is 9.52. The van der Waals surface area contributed by atoms with Gasteiger partial charge in [-0.15, -0.1) is 0 Å². The maximum Gasteiger partial charge on any atom is 0.254 e. The zero-order valence-electron chi connectivity index (χ0n) is 9.95. The third kappa shape index (κ3) is 2.63. The van der Waals surface area contributed by atoms with Crippen molar-refractivity contribution < 1.29 is 9.90 Å². The third-order valence-electron chi connectivity index (χ3n) is 2.39. The van der Waals surface area contributed by atoms with Gasteiger partial charge in [0.1, 0.15) is 5.75 Å². The van der Waals surface area contributed by atoms with Crippen molar-refractivity contribution in [3.8, 4) is 5.75 Å². The summed E-state index contributed by atoms with van der Waals surface area (Å²) in [6.07, 6.45) is 0. The molecule has 1 amide bonds. The number of benzene rings is 1. The molecule has 0 aliphatic heterocycles. The largest absolute Gasteiger partial charge is 0.508 e. The molecule has 0 spiro atoms. The summed E-state index contributed by atoms with van der Waals surface area (Å²) in [6.45, 7) is 7.90. The molecule has 0 saturated carbocycles. The van der Waals surface area contributed by atoms with Crippen LogP contribution in [0.25, 0.3) is 0 Å². The minimum absolute atomic E-state index is 0.101. The van der Waals surface area contributed by atoms with Gasteiger partial charge in [0, 0.05) is 24.7 Å². The highest BCUT2D eigenvalue weighted by molar-refractivity contribution is 5.96. The van der Waals surface area contributed by atoms with Gasteiger partial charge in [0.15, 0.2) is 0 Å². The summed E-state index contributed by atoms with van der Waals surface area (Å²) in [4.78, 5) is 13.6. The molecule has 0 saturated heterocycles. The van der Waals surface area contributed by atoms with Crippen LogP contribution in [0, 0.1) is 6.92 Å². The molecule has 3 nitrogen and oxygen atoms in total. The molecule has 0 aromatic heterocycles. The number of carbonyl (C=O) groups excluding carboxylic acids is 1. The lowest BCUT2D eigenvalue weighted by Crippen LogP contribution is -2.28. The van der Waals surface area contributed by atoms with Crippen LogP contribution in [0.1, 0.15) is 22.8 Å². The molecule has 0 heterocycles. The van der Waals surface area contributed by atoms with E-state index in [1.54, 1.807) is 37.1 Å². The molecule has 0 aliphatic rings. The van der Waals surface area contributed by atoms with Crippen molar-refractivity contribution in [2.45, 2.75) is 13.8 Å². The van der Waals surface area contributed by atoms with Gasteiger partial charge >= 0.3 is 0 Å². The molecule has 86 valence electrons. The Morgan fingerprint density at radius 2 is 2.12 bits per heavy atom. The zero-order chi connectivity index (χ0) is 12.3. The Hall–Kier alpha value is -1.77. The molecule has 1 aromatic carbocycles. The van der Waals surface area contributed by atoms with Crippen molar-refractivity contribution in [1.29, 1.82) is 0 Å². The molecule has 1 N–H and O–H groups in total. The third-order valence-corrected chi connectivity index (χ3v) is 2.39. The van der Waals surface area contributed by atoms with Crippen LogP contribution in [-0.2, 0) is 0 Å². The van der Waals surface area contributed by atoms with Gasteiger partial charge in [-0.2, -0.15) is 0 Å². The van der Waals surface area contributed by atoms with E-state index in [-0.39, 0.29) is 11.7 Å². The highest BCUT2D eigenvalue weighted by Crippen LogP contribution is 2.20. The SMILES string of the molecule is C=C(C)CN(C)C(=O)c1cccc(O)c1C. The fourth-order valence-corrected chi connectivity index (χ4v) is 1.54. The summed E-state index contributed by atoms with van der Waals surface area (Å²) < 4.78 is 0. The molecule has 0 atom stereocenters. The highest BCUT2D eigenvalue weighted by atomic mass is 16.3. The molecule has 0 radical (unpaired) electrons. The van der Waals surface area contributed by atoms with Gasteiger partial charge < -0.3 is 10.0 Å². The first kappa shape index (κ1) is 12.3. The van der Waals surface area contributed by atoms with Crippen LogP contribution in [0.15, 0.2) is 30.4 Å². The van der Waals surface area contributed by atoms with E-state index >= 15 is 0 Å². The van der Waals surface area contributed by atoms with Crippen LogP contribution in [-0.4, -0.2) is 29.5 Å². The number of likely N-dealkylation sites (N-methyl/N-ethyl adjacent to an activating group) is 1. The second-order valence-corrected chi connectivity index (χ2v) is 4.07. The van der Waals surface area contributed by atoms with Crippen molar-refractivity contribution >= 4 is 5.91 Å². The number of phenolic OH excluding ortho intramolecular Hbond substituents is 1. The van der Waals surface area contributed by atoms with Crippen molar-refractivity contribution in [3.63, 3.8) is 0 Å². The smallest absolute Gasteiger partial charge is 0.254 e. The molecule has 0 unspecified atom stereocenters. The van der Waals surface area contributed by atoms with Gasteiger partial charge in [-0.3, -0.25) is 4.79 Å². The molecule has 1 rings (SSSR count). The van der Waals surface area contributed by atoms with E-state index in [4.69, 9.17) is 0 Å². The van der Waals surface area contributed by atoms with E-state index in [2.05, 4.69) is 6.58 Å².